The van der Waals surface area contributed by atoms with Crippen molar-refractivity contribution >= 4 is 8.32 Å². The van der Waals surface area contributed by atoms with E-state index in [1.165, 1.54) is 12.8 Å². The largest absolute Gasteiger partial charge is 0.411 e. The summed E-state index contributed by atoms with van der Waals surface area (Å²) < 4.78 is 6.46. The summed E-state index contributed by atoms with van der Waals surface area (Å²) in [7, 11) is -1.82. The van der Waals surface area contributed by atoms with Crippen molar-refractivity contribution in [3.8, 4) is 0 Å². The van der Waals surface area contributed by atoms with Gasteiger partial charge in [0.05, 0.1) is 12.2 Å². The average Bonchev–Trinajstić information content (AvgIpc) is 2.33. The molecule has 0 aliphatic heterocycles. The summed E-state index contributed by atoms with van der Waals surface area (Å²) in [6.45, 7) is 17.2. The number of unbranched alkanes of at least 4 members (excludes halogenated alkanes) is 2. The molecule has 0 heterocycles. The van der Waals surface area contributed by atoms with Crippen LogP contribution in [-0.4, -0.2) is 25.6 Å². The van der Waals surface area contributed by atoms with Gasteiger partial charge in [0.25, 0.3) is 0 Å². The number of hydrogen-bond acceptors (Lipinski definition) is 2. The Kier molecular flexibility index (Phi) is 8.95. The average molecular weight is 301 g/mol. The first-order chi connectivity index (χ1) is 9.15. The number of aliphatic hydroxyl groups is 1. The summed E-state index contributed by atoms with van der Waals surface area (Å²) in [5.74, 6) is 0. The lowest BCUT2D eigenvalue weighted by Gasteiger charge is -2.40. The predicted molar refractivity (Wildman–Crippen MR) is 91.6 cm³/mol. The molecule has 0 aromatic rings. The molecule has 0 amide bonds. The fraction of sp³-hybridized carbons (Fsp3) is 0.882. The Bertz CT molecular complexity index is 269. The zero-order valence-corrected chi connectivity index (χ0v) is 15.5. The molecule has 0 aromatic carbocycles. The van der Waals surface area contributed by atoms with Gasteiger partial charge >= 0.3 is 0 Å². The fourth-order valence-corrected chi connectivity index (χ4v) is 3.34. The van der Waals surface area contributed by atoms with Crippen LogP contribution in [0, 0.1) is 0 Å². The van der Waals surface area contributed by atoms with E-state index in [4.69, 9.17) is 4.43 Å². The molecule has 0 unspecified atom stereocenters. The number of aliphatic hydroxyl groups excluding tert-OH is 1. The maximum Gasteiger partial charge on any atom is 0.192 e. The van der Waals surface area contributed by atoms with Crippen LogP contribution >= 0.6 is 0 Å². The Balaban J connectivity index is 4.70. The summed E-state index contributed by atoms with van der Waals surface area (Å²) in [6.07, 6.45) is 7.64. The second-order valence-corrected chi connectivity index (χ2v) is 12.1. The maximum absolute atomic E-state index is 10.4. The zero-order chi connectivity index (χ0) is 15.8. The van der Waals surface area contributed by atoms with Crippen LogP contribution in [0.2, 0.25) is 18.1 Å². The van der Waals surface area contributed by atoms with Crippen LogP contribution in [0.4, 0.5) is 0 Å². The molecule has 3 heteroatoms. The van der Waals surface area contributed by atoms with Crippen molar-refractivity contribution in [1.82, 2.24) is 0 Å². The van der Waals surface area contributed by atoms with E-state index in [2.05, 4.69) is 47.4 Å². The SMILES string of the molecule is C=CCC[C@@H](O)[C@@H](CCCCC)O[Si](C)(C)C(C)(C)C. The molecule has 0 saturated carbocycles. The first-order valence-electron chi connectivity index (χ1n) is 8.12. The van der Waals surface area contributed by atoms with Gasteiger partial charge in [-0.15, -0.1) is 6.58 Å². The van der Waals surface area contributed by atoms with Gasteiger partial charge in [0.1, 0.15) is 0 Å². The van der Waals surface area contributed by atoms with Gasteiger partial charge in [0.15, 0.2) is 8.32 Å². The Hall–Kier alpha value is -0.123. The van der Waals surface area contributed by atoms with Crippen LogP contribution in [0.3, 0.4) is 0 Å². The molecule has 0 aliphatic carbocycles. The van der Waals surface area contributed by atoms with Crippen molar-refractivity contribution in [1.29, 1.82) is 0 Å². The highest BCUT2D eigenvalue weighted by molar-refractivity contribution is 6.74. The highest BCUT2D eigenvalue weighted by Gasteiger charge is 2.40. The molecule has 0 bridgehead atoms. The van der Waals surface area contributed by atoms with Gasteiger partial charge in [0.2, 0.25) is 0 Å². The quantitative estimate of drug-likeness (QED) is 0.338. The molecule has 0 radical (unpaired) electrons. The highest BCUT2D eigenvalue weighted by Crippen LogP contribution is 2.38. The second kappa shape index (κ2) is 9.01. The topological polar surface area (TPSA) is 29.5 Å². The normalized spacial score (nSPS) is 15.9. The Morgan fingerprint density at radius 3 is 2.25 bits per heavy atom. The van der Waals surface area contributed by atoms with E-state index < -0.39 is 8.32 Å². The predicted octanol–water partition coefficient (Wildman–Crippen LogP) is 5.28. The molecule has 0 aliphatic rings. The maximum atomic E-state index is 10.4. The van der Waals surface area contributed by atoms with Gasteiger partial charge in [-0.3, -0.25) is 0 Å². The Labute approximate surface area is 127 Å². The minimum absolute atomic E-state index is 0.0117. The minimum Gasteiger partial charge on any atom is -0.411 e. The molecule has 0 fully saturated rings. The molecule has 120 valence electrons. The highest BCUT2D eigenvalue weighted by atomic mass is 28.4. The zero-order valence-electron chi connectivity index (χ0n) is 14.5. The second-order valence-electron chi connectivity index (χ2n) is 7.35. The monoisotopic (exact) mass is 300 g/mol. The Morgan fingerprint density at radius 2 is 1.80 bits per heavy atom. The fourth-order valence-electron chi connectivity index (χ4n) is 1.96. The number of rotatable bonds is 10. The molecule has 0 spiro atoms. The van der Waals surface area contributed by atoms with Crippen LogP contribution < -0.4 is 0 Å². The van der Waals surface area contributed by atoms with Crippen LogP contribution in [0.1, 0.15) is 66.2 Å². The number of allylic oxidation sites excluding steroid dienone is 1. The first kappa shape index (κ1) is 19.9. The molecule has 0 rings (SSSR count). The van der Waals surface area contributed by atoms with Gasteiger partial charge in [-0.25, -0.2) is 0 Å². The van der Waals surface area contributed by atoms with Crippen molar-refractivity contribution in [3.63, 3.8) is 0 Å². The summed E-state index contributed by atoms with van der Waals surface area (Å²) in [4.78, 5) is 0. The third-order valence-electron chi connectivity index (χ3n) is 4.44. The lowest BCUT2D eigenvalue weighted by Crippen LogP contribution is -2.47. The molecule has 0 aromatic heterocycles. The van der Waals surface area contributed by atoms with E-state index in [1.54, 1.807) is 0 Å². The summed E-state index contributed by atoms with van der Waals surface area (Å²) >= 11 is 0. The smallest absolute Gasteiger partial charge is 0.192 e. The van der Waals surface area contributed by atoms with Gasteiger partial charge < -0.3 is 9.53 Å². The molecule has 2 nitrogen and oxygen atoms in total. The van der Waals surface area contributed by atoms with E-state index in [0.717, 1.165) is 25.7 Å². The van der Waals surface area contributed by atoms with Gasteiger partial charge in [-0.05, 0) is 37.4 Å². The molecule has 1 N–H and O–H groups in total. The van der Waals surface area contributed by atoms with Crippen LogP contribution in [0.25, 0.3) is 0 Å². The number of hydrogen-bond donors (Lipinski definition) is 1. The standard InChI is InChI=1S/C17H36O2Si/c1-8-10-12-14-16(15(18)13-11-9-2)19-20(6,7)17(3,4)5/h9,15-16,18H,2,8,10-14H2,1,3-7H3/t15-,16-/m1/s1. The van der Waals surface area contributed by atoms with Crippen molar-refractivity contribution in [2.45, 2.75) is 96.6 Å². The summed E-state index contributed by atoms with van der Waals surface area (Å²) in [5, 5.41) is 10.6. The van der Waals surface area contributed by atoms with Gasteiger partial charge in [-0.2, -0.15) is 0 Å². The van der Waals surface area contributed by atoms with Crippen LogP contribution in [0.5, 0.6) is 0 Å². The van der Waals surface area contributed by atoms with E-state index in [1.807, 2.05) is 6.08 Å². The molecular formula is C17H36O2Si. The Morgan fingerprint density at radius 1 is 1.20 bits per heavy atom. The molecular weight excluding hydrogens is 264 g/mol. The van der Waals surface area contributed by atoms with E-state index in [0.29, 0.717) is 0 Å². The summed E-state index contributed by atoms with van der Waals surface area (Å²) in [6, 6.07) is 0. The minimum atomic E-state index is -1.82. The summed E-state index contributed by atoms with van der Waals surface area (Å²) in [5.41, 5.74) is 0. The molecule has 0 saturated heterocycles. The van der Waals surface area contributed by atoms with Crippen LogP contribution in [-0.2, 0) is 4.43 Å². The van der Waals surface area contributed by atoms with E-state index in [9.17, 15) is 5.11 Å². The lowest BCUT2D eigenvalue weighted by molar-refractivity contribution is 0.0169. The van der Waals surface area contributed by atoms with Gasteiger partial charge in [-0.1, -0.05) is 53.0 Å². The lowest BCUT2D eigenvalue weighted by atomic mass is 10.0. The van der Waals surface area contributed by atoms with Crippen molar-refractivity contribution < 1.29 is 9.53 Å². The van der Waals surface area contributed by atoms with Gasteiger partial charge in [0, 0.05) is 0 Å². The van der Waals surface area contributed by atoms with E-state index >= 15 is 0 Å². The van der Waals surface area contributed by atoms with Crippen molar-refractivity contribution in [2.24, 2.45) is 0 Å². The van der Waals surface area contributed by atoms with Crippen LogP contribution in [0.15, 0.2) is 12.7 Å². The first-order valence-corrected chi connectivity index (χ1v) is 11.0. The van der Waals surface area contributed by atoms with Crippen molar-refractivity contribution in [2.75, 3.05) is 0 Å². The third-order valence-corrected chi connectivity index (χ3v) is 8.94. The van der Waals surface area contributed by atoms with Crippen molar-refractivity contribution in [3.05, 3.63) is 12.7 Å². The molecule has 20 heavy (non-hydrogen) atoms. The van der Waals surface area contributed by atoms with E-state index in [-0.39, 0.29) is 17.2 Å². The molecule has 2 atom stereocenters. The third kappa shape index (κ3) is 7.05.